The van der Waals surface area contributed by atoms with Crippen LogP contribution in [-0.2, 0) is 9.53 Å². The van der Waals surface area contributed by atoms with E-state index in [1.165, 1.54) is 0 Å². The highest BCUT2D eigenvalue weighted by molar-refractivity contribution is 5.75. The standard InChI is InChI=1S/C10H18O2/c1-6(2)8-5-12-10(11)9(8)7(3)4/h6-9H,5H2,1-4H3/t8-,9+/m1/s1. The molecule has 0 aromatic carbocycles. The molecule has 0 amide bonds. The first-order chi connectivity index (χ1) is 5.54. The summed E-state index contributed by atoms with van der Waals surface area (Å²) in [6.45, 7) is 9.11. The van der Waals surface area contributed by atoms with E-state index in [0.717, 1.165) is 0 Å². The Morgan fingerprint density at radius 2 is 1.83 bits per heavy atom. The van der Waals surface area contributed by atoms with Crippen LogP contribution in [0.25, 0.3) is 0 Å². The summed E-state index contributed by atoms with van der Waals surface area (Å²) in [6.07, 6.45) is 0. The van der Waals surface area contributed by atoms with Crippen molar-refractivity contribution in [2.45, 2.75) is 27.7 Å². The van der Waals surface area contributed by atoms with E-state index in [4.69, 9.17) is 4.74 Å². The lowest BCUT2D eigenvalue weighted by Crippen LogP contribution is -2.25. The highest BCUT2D eigenvalue weighted by Crippen LogP contribution is 2.33. The Bertz CT molecular complexity index is 173. The quantitative estimate of drug-likeness (QED) is 0.593. The Labute approximate surface area is 74.3 Å². The van der Waals surface area contributed by atoms with E-state index in [-0.39, 0.29) is 11.9 Å². The van der Waals surface area contributed by atoms with E-state index in [0.29, 0.717) is 24.4 Å². The minimum Gasteiger partial charge on any atom is -0.465 e. The summed E-state index contributed by atoms with van der Waals surface area (Å²) in [5.41, 5.74) is 0. The summed E-state index contributed by atoms with van der Waals surface area (Å²) < 4.78 is 5.06. The van der Waals surface area contributed by atoms with Gasteiger partial charge in [-0.25, -0.2) is 0 Å². The number of carbonyl (C=O) groups is 1. The molecule has 2 atom stereocenters. The lowest BCUT2D eigenvalue weighted by Gasteiger charge is -2.21. The lowest BCUT2D eigenvalue weighted by molar-refractivity contribution is -0.142. The highest BCUT2D eigenvalue weighted by Gasteiger charge is 2.40. The molecule has 0 saturated carbocycles. The van der Waals surface area contributed by atoms with Crippen molar-refractivity contribution in [2.24, 2.45) is 23.7 Å². The Hall–Kier alpha value is -0.530. The first-order valence-electron chi connectivity index (χ1n) is 4.70. The van der Waals surface area contributed by atoms with Gasteiger partial charge in [0.2, 0.25) is 0 Å². The van der Waals surface area contributed by atoms with Crippen molar-refractivity contribution < 1.29 is 9.53 Å². The number of hydrogen-bond donors (Lipinski definition) is 0. The molecule has 1 fully saturated rings. The van der Waals surface area contributed by atoms with Gasteiger partial charge in [-0.05, 0) is 11.8 Å². The molecular formula is C10H18O2. The Kier molecular flexibility index (Phi) is 2.76. The second-order valence-corrected chi connectivity index (χ2v) is 4.31. The van der Waals surface area contributed by atoms with Crippen LogP contribution in [0.15, 0.2) is 0 Å². The molecule has 2 heteroatoms. The van der Waals surface area contributed by atoms with Crippen LogP contribution in [0.5, 0.6) is 0 Å². The smallest absolute Gasteiger partial charge is 0.309 e. The van der Waals surface area contributed by atoms with Gasteiger partial charge in [0.15, 0.2) is 0 Å². The number of cyclic esters (lactones) is 1. The van der Waals surface area contributed by atoms with E-state index >= 15 is 0 Å². The van der Waals surface area contributed by atoms with Gasteiger partial charge < -0.3 is 4.74 Å². The third kappa shape index (κ3) is 1.62. The Balaban J connectivity index is 2.70. The molecule has 1 saturated heterocycles. The van der Waals surface area contributed by atoms with Crippen molar-refractivity contribution >= 4 is 5.97 Å². The number of rotatable bonds is 2. The van der Waals surface area contributed by atoms with Crippen LogP contribution in [0.4, 0.5) is 0 Å². The fourth-order valence-electron chi connectivity index (χ4n) is 1.93. The average molecular weight is 170 g/mol. The molecule has 70 valence electrons. The maximum atomic E-state index is 11.3. The molecule has 1 heterocycles. The van der Waals surface area contributed by atoms with Crippen LogP contribution in [0, 0.1) is 23.7 Å². The van der Waals surface area contributed by atoms with Gasteiger partial charge >= 0.3 is 5.97 Å². The van der Waals surface area contributed by atoms with Crippen LogP contribution < -0.4 is 0 Å². The normalized spacial score (nSPS) is 30.0. The van der Waals surface area contributed by atoms with Gasteiger partial charge in [-0.15, -0.1) is 0 Å². The largest absolute Gasteiger partial charge is 0.465 e. The zero-order chi connectivity index (χ0) is 9.30. The third-order valence-corrected chi connectivity index (χ3v) is 2.73. The molecule has 0 N–H and O–H groups in total. The third-order valence-electron chi connectivity index (χ3n) is 2.73. The van der Waals surface area contributed by atoms with Gasteiger partial charge in [0.05, 0.1) is 12.5 Å². The molecule has 0 aliphatic carbocycles. The van der Waals surface area contributed by atoms with E-state index in [2.05, 4.69) is 27.7 Å². The number of esters is 1. The molecule has 1 rings (SSSR count). The minimum atomic E-state index is 0.00343. The SMILES string of the molecule is CC(C)[C@H]1COC(=O)[C@H]1C(C)C. The van der Waals surface area contributed by atoms with E-state index in [9.17, 15) is 4.79 Å². The summed E-state index contributed by atoms with van der Waals surface area (Å²) >= 11 is 0. The van der Waals surface area contributed by atoms with Crippen molar-refractivity contribution in [3.63, 3.8) is 0 Å². The number of hydrogen-bond acceptors (Lipinski definition) is 2. The van der Waals surface area contributed by atoms with E-state index < -0.39 is 0 Å². The molecule has 1 aliphatic rings. The zero-order valence-electron chi connectivity index (χ0n) is 8.33. The van der Waals surface area contributed by atoms with Crippen molar-refractivity contribution in [3.8, 4) is 0 Å². The molecule has 0 radical (unpaired) electrons. The molecule has 12 heavy (non-hydrogen) atoms. The van der Waals surface area contributed by atoms with Gasteiger partial charge in [0.1, 0.15) is 0 Å². The fourth-order valence-corrected chi connectivity index (χ4v) is 1.93. The first kappa shape index (κ1) is 9.56. The summed E-state index contributed by atoms with van der Waals surface area (Å²) in [7, 11) is 0. The minimum absolute atomic E-state index is 0.00343. The second kappa shape index (κ2) is 3.46. The summed E-state index contributed by atoms with van der Waals surface area (Å²) in [4.78, 5) is 11.3. The molecule has 0 bridgehead atoms. The monoisotopic (exact) mass is 170 g/mol. The molecule has 2 nitrogen and oxygen atoms in total. The predicted octanol–water partition coefficient (Wildman–Crippen LogP) is 2.09. The van der Waals surface area contributed by atoms with Gasteiger partial charge in [0.25, 0.3) is 0 Å². The first-order valence-corrected chi connectivity index (χ1v) is 4.70. The Morgan fingerprint density at radius 1 is 1.25 bits per heavy atom. The lowest BCUT2D eigenvalue weighted by atomic mass is 9.79. The van der Waals surface area contributed by atoms with Gasteiger partial charge in [-0.1, -0.05) is 27.7 Å². The van der Waals surface area contributed by atoms with Crippen molar-refractivity contribution in [1.29, 1.82) is 0 Å². The van der Waals surface area contributed by atoms with Crippen molar-refractivity contribution in [2.75, 3.05) is 6.61 Å². The summed E-state index contributed by atoms with van der Waals surface area (Å²) in [5.74, 6) is 1.52. The number of ether oxygens (including phenoxy) is 1. The van der Waals surface area contributed by atoms with Crippen LogP contribution >= 0.6 is 0 Å². The molecule has 0 unspecified atom stereocenters. The zero-order valence-corrected chi connectivity index (χ0v) is 8.33. The Morgan fingerprint density at radius 3 is 2.17 bits per heavy atom. The fraction of sp³-hybridized carbons (Fsp3) is 0.900. The molecular weight excluding hydrogens is 152 g/mol. The summed E-state index contributed by atoms with van der Waals surface area (Å²) in [5, 5.41) is 0. The van der Waals surface area contributed by atoms with Crippen LogP contribution in [-0.4, -0.2) is 12.6 Å². The van der Waals surface area contributed by atoms with Crippen LogP contribution in [0.3, 0.4) is 0 Å². The van der Waals surface area contributed by atoms with E-state index in [1.54, 1.807) is 0 Å². The van der Waals surface area contributed by atoms with Crippen LogP contribution in [0.1, 0.15) is 27.7 Å². The second-order valence-electron chi connectivity index (χ2n) is 4.31. The maximum absolute atomic E-state index is 11.3. The highest BCUT2D eigenvalue weighted by atomic mass is 16.5. The maximum Gasteiger partial charge on any atom is 0.309 e. The van der Waals surface area contributed by atoms with Crippen LogP contribution in [0.2, 0.25) is 0 Å². The molecule has 1 aliphatic heterocycles. The summed E-state index contributed by atoms with van der Waals surface area (Å²) in [6, 6.07) is 0. The van der Waals surface area contributed by atoms with Gasteiger partial charge in [0, 0.05) is 5.92 Å². The average Bonchev–Trinajstić information content (AvgIpc) is 2.30. The van der Waals surface area contributed by atoms with Gasteiger partial charge in [-0.3, -0.25) is 4.79 Å². The predicted molar refractivity (Wildman–Crippen MR) is 47.6 cm³/mol. The molecule has 0 aromatic heterocycles. The molecule has 0 spiro atoms. The van der Waals surface area contributed by atoms with Gasteiger partial charge in [-0.2, -0.15) is 0 Å². The number of carbonyl (C=O) groups excluding carboxylic acids is 1. The molecule has 0 aromatic rings. The van der Waals surface area contributed by atoms with E-state index in [1.807, 2.05) is 0 Å². The van der Waals surface area contributed by atoms with Crippen molar-refractivity contribution in [3.05, 3.63) is 0 Å². The topological polar surface area (TPSA) is 26.3 Å². The van der Waals surface area contributed by atoms with Crippen molar-refractivity contribution in [1.82, 2.24) is 0 Å².